The maximum atomic E-state index is 10.9. The van der Waals surface area contributed by atoms with Gasteiger partial charge in [-0.1, -0.05) is 26.8 Å². The molecule has 2 rings (SSSR count). The Morgan fingerprint density at radius 1 is 1.11 bits per heavy atom. The highest BCUT2D eigenvalue weighted by molar-refractivity contribution is 7.76. The van der Waals surface area contributed by atoms with Gasteiger partial charge in [0.05, 0.1) is 0 Å². The maximum Gasteiger partial charge on any atom is 0.352 e. The Kier molecular flexibility index (Phi) is 4.28. The van der Waals surface area contributed by atoms with Crippen LogP contribution in [-0.2, 0) is 39.0 Å². The molecular formula is C14H20O4S. The maximum absolute atomic E-state index is 10.9. The van der Waals surface area contributed by atoms with Crippen molar-refractivity contribution in [2.45, 2.75) is 52.9 Å². The van der Waals surface area contributed by atoms with E-state index in [0.29, 0.717) is 0 Å². The fourth-order valence-corrected chi connectivity index (χ4v) is 3.04. The molecule has 1 aliphatic rings. The van der Waals surface area contributed by atoms with Gasteiger partial charge in [0.1, 0.15) is 5.75 Å². The first-order valence-electron chi connectivity index (χ1n) is 6.66. The van der Waals surface area contributed by atoms with Crippen molar-refractivity contribution >= 4 is 11.4 Å². The Balaban J connectivity index is 2.32. The van der Waals surface area contributed by atoms with Crippen molar-refractivity contribution in [3.05, 3.63) is 28.8 Å². The van der Waals surface area contributed by atoms with Crippen molar-refractivity contribution in [2.75, 3.05) is 0 Å². The van der Waals surface area contributed by atoms with Crippen LogP contribution in [0.15, 0.2) is 12.1 Å². The first-order valence-corrected chi connectivity index (χ1v) is 7.66. The first kappa shape index (κ1) is 14.5. The number of aryl methyl sites for hydroxylation is 1. The second kappa shape index (κ2) is 5.61. The summed E-state index contributed by atoms with van der Waals surface area (Å²) in [7, 11) is 0. The number of ether oxygens (including phenoxy) is 1. The molecule has 1 aliphatic heterocycles. The van der Waals surface area contributed by atoms with Crippen LogP contribution >= 0.6 is 0 Å². The van der Waals surface area contributed by atoms with Gasteiger partial charge in [0.25, 0.3) is 0 Å². The molecule has 4 nitrogen and oxygen atoms in total. The molecular weight excluding hydrogens is 264 g/mol. The highest BCUT2D eigenvalue weighted by Crippen LogP contribution is 2.35. The van der Waals surface area contributed by atoms with E-state index in [9.17, 15) is 4.21 Å². The second-order valence-corrected chi connectivity index (χ2v) is 5.32. The van der Waals surface area contributed by atoms with Crippen LogP contribution in [-0.4, -0.2) is 10.2 Å². The van der Waals surface area contributed by atoms with Gasteiger partial charge in [-0.25, -0.2) is 0 Å². The molecule has 0 aromatic heterocycles. The smallest absolute Gasteiger partial charge is 0.352 e. The molecule has 5 heteroatoms. The van der Waals surface area contributed by atoms with Gasteiger partial charge in [-0.2, -0.15) is 12.6 Å². The lowest BCUT2D eigenvalue weighted by Crippen LogP contribution is -2.49. The van der Waals surface area contributed by atoms with Crippen LogP contribution in [0.25, 0.3) is 0 Å². The van der Waals surface area contributed by atoms with Crippen LogP contribution in [0.3, 0.4) is 0 Å². The van der Waals surface area contributed by atoms with Crippen LogP contribution in [0.1, 0.15) is 44.4 Å². The van der Waals surface area contributed by atoms with E-state index in [0.717, 1.165) is 25.0 Å². The summed E-state index contributed by atoms with van der Waals surface area (Å²) >= 11 is -1.68. The van der Waals surface area contributed by atoms with E-state index >= 15 is 0 Å². The van der Waals surface area contributed by atoms with E-state index in [1.165, 1.54) is 16.7 Å². The monoisotopic (exact) mass is 284 g/mol. The van der Waals surface area contributed by atoms with Gasteiger partial charge in [-0.05, 0) is 42.0 Å². The molecule has 0 saturated carbocycles. The first-order chi connectivity index (χ1) is 9.03. The number of benzene rings is 1. The van der Waals surface area contributed by atoms with Crippen LogP contribution in [0.5, 0.6) is 5.75 Å². The molecule has 0 spiro atoms. The fraction of sp³-hybridized carbons (Fsp3) is 0.571. The van der Waals surface area contributed by atoms with E-state index in [4.69, 9.17) is 13.1 Å². The van der Waals surface area contributed by atoms with Crippen LogP contribution < -0.4 is 4.74 Å². The summed E-state index contributed by atoms with van der Waals surface area (Å²) < 4.78 is 26.6. The average molecular weight is 284 g/mol. The molecule has 1 aromatic carbocycles. The summed E-state index contributed by atoms with van der Waals surface area (Å²) in [6.45, 7) is 8.01. The third kappa shape index (κ3) is 2.83. The molecule has 0 atom stereocenters. The van der Waals surface area contributed by atoms with Crippen molar-refractivity contribution in [3.8, 4) is 5.75 Å². The lowest BCUT2D eigenvalue weighted by molar-refractivity contribution is -0.286. The zero-order valence-corrected chi connectivity index (χ0v) is 12.6. The predicted octanol–water partition coefficient (Wildman–Crippen LogP) is 3.05. The van der Waals surface area contributed by atoms with Gasteiger partial charge >= 0.3 is 17.3 Å². The topological polar surface area (TPSA) is 44.8 Å². The number of rotatable bonds is 5. The second-order valence-electron chi connectivity index (χ2n) is 4.58. The van der Waals surface area contributed by atoms with Gasteiger partial charge in [-0.3, -0.25) is 0 Å². The Bertz CT molecular complexity index is 490. The molecule has 0 N–H and O–H groups in total. The summed E-state index contributed by atoms with van der Waals surface area (Å²) in [6, 6.07) is 4.02. The quantitative estimate of drug-likeness (QED) is 0.833. The third-order valence-electron chi connectivity index (χ3n) is 3.31. The Morgan fingerprint density at radius 2 is 1.74 bits per heavy atom. The summed E-state index contributed by atoms with van der Waals surface area (Å²) in [5.74, 6) is -0.483. The van der Waals surface area contributed by atoms with Crippen molar-refractivity contribution in [1.29, 1.82) is 0 Å². The zero-order valence-electron chi connectivity index (χ0n) is 11.8. The summed E-state index contributed by atoms with van der Waals surface area (Å²) in [4.78, 5) is 0. The largest absolute Gasteiger partial charge is 0.437 e. The molecule has 1 saturated heterocycles. The van der Waals surface area contributed by atoms with Gasteiger partial charge in [-0.15, -0.1) is 0 Å². The standard InChI is InChI=1S/C14H20O4S/c1-5-10-8-9-13(12(7-3)11(10)6-2)16-14(4)17-19(15)18-14/h8-9H,5-7H2,1-4H3. The molecule has 0 radical (unpaired) electrons. The Morgan fingerprint density at radius 3 is 2.21 bits per heavy atom. The minimum atomic E-state index is -1.68. The van der Waals surface area contributed by atoms with Gasteiger partial charge in [0.2, 0.25) is 0 Å². The van der Waals surface area contributed by atoms with E-state index in [1.54, 1.807) is 6.92 Å². The van der Waals surface area contributed by atoms with Crippen LogP contribution in [0, 0.1) is 0 Å². The van der Waals surface area contributed by atoms with Crippen molar-refractivity contribution in [1.82, 2.24) is 0 Å². The predicted molar refractivity (Wildman–Crippen MR) is 73.9 cm³/mol. The number of hydrogen-bond acceptors (Lipinski definition) is 4. The molecule has 0 aliphatic carbocycles. The van der Waals surface area contributed by atoms with E-state index in [2.05, 4.69) is 26.8 Å². The Labute approximate surface area is 116 Å². The lowest BCUT2D eigenvalue weighted by atomic mass is 9.95. The minimum Gasteiger partial charge on any atom is -0.437 e. The molecule has 19 heavy (non-hydrogen) atoms. The molecule has 106 valence electrons. The minimum absolute atomic E-state index is 0.746. The fourth-order valence-electron chi connectivity index (χ4n) is 2.46. The van der Waals surface area contributed by atoms with Crippen molar-refractivity contribution < 1.29 is 17.3 Å². The van der Waals surface area contributed by atoms with Crippen LogP contribution in [0.2, 0.25) is 0 Å². The van der Waals surface area contributed by atoms with E-state index < -0.39 is 17.3 Å². The van der Waals surface area contributed by atoms with E-state index in [1.807, 2.05) is 6.07 Å². The SMILES string of the molecule is CCc1ccc(OC2(C)OS(=O)O2)c(CC)c1CC. The molecule has 0 bridgehead atoms. The van der Waals surface area contributed by atoms with E-state index in [-0.39, 0.29) is 0 Å². The normalized spacial score (nSPS) is 26.0. The summed E-state index contributed by atoms with van der Waals surface area (Å²) in [5, 5.41) is 0. The summed E-state index contributed by atoms with van der Waals surface area (Å²) in [6.07, 6.45) is 2.85. The highest BCUT2D eigenvalue weighted by Gasteiger charge is 2.45. The molecule has 0 unspecified atom stereocenters. The Hall–Kier alpha value is -0.910. The summed E-state index contributed by atoms with van der Waals surface area (Å²) in [5.41, 5.74) is 3.84. The van der Waals surface area contributed by atoms with Gasteiger partial charge < -0.3 is 4.74 Å². The molecule has 0 amide bonds. The lowest BCUT2D eigenvalue weighted by Gasteiger charge is -2.35. The highest BCUT2D eigenvalue weighted by atomic mass is 32.2. The van der Waals surface area contributed by atoms with Gasteiger partial charge in [0, 0.05) is 6.92 Å². The molecule has 1 heterocycles. The van der Waals surface area contributed by atoms with Crippen molar-refractivity contribution in [3.63, 3.8) is 0 Å². The van der Waals surface area contributed by atoms with Gasteiger partial charge in [0.15, 0.2) is 0 Å². The molecule has 1 aromatic rings. The number of hydrogen-bond donors (Lipinski definition) is 0. The molecule has 1 fully saturated rings. The zero-order chi connectivity index (χ0) is 14.0. The van der Waals surface area contributed by atoms with Crippen molar-refractivity contribution in [2.24, 2.45) is 0 Å². The average Bonchev–Trinajstić information content (AvgIpc) is 2.36. The third-order valence-corrected chi connectivity index (χ3v) is 4.19. The van der Waals surface area contributed by atoms with Crippen LogP contribution in [0.4, 0.5) is 0 Å².